The number of aryl methyl sites for hydroxylation is 1. The van der Waals surface area contributed by atoms with Crippen LogP contribution in [0.15, 0.2) is 6.20 Å². The van der Waals surface area contributed by atoms with E-state index in [4.69, 9.17) is 17.3 Å². The molecule has 0 amide bonds. The summed E-state index contributed by atoms with van der Waals surface area (Å²) in [5.74, 6) is 0.0157. The Hall–Kier alpha value is -0.610. The lowest BCUT2D eigenvalue weighted by atomic mass is 9.96. The Kier molecular flexibility index (Phi) is 2.73. The molecule has 1 saturated carbocycles. The summed E-state index contributed by atoms with van der Waals surface area (Å²) < 4.78 is 16.3. The van der Waals surface area contributed by atoms with Gasteiger partial charge in [-0.25, -0.2) is 4.39 Å². The van der Waals surface area contributed by atoms with Crippen LogP contribution >= 0.6 is 11.6 Å². The molecular formula is C10H15ClFN3. The largest absolute Gasteiger partial charge is 0.327 e. The van der Waals surface area contributed by atoms with E-state index in [0.29, 0.717) is 17.3 Å². The molecule has 1 heterocycles. The van der Waals surface area contributed by atoms with Crippen molar-refractivity contribution in [3.63, 3.8) is 0 Å². The van der Waals surface area contributed by atoms with Gasteiger partial charge in [0, 0.05) is 19.0 Å². The second-order valence-electron chi connectivity index (χ2n) is 4.00. The molecule has 1 aliphatic rings. The first kappa shape index (κ1) is 10.9. The van der Waals surface area contributed by atoms with Crippen molar-refractivity contribution in [2.45, 2.75) is 32.0 Å². The van der Waals surface area contributed by atoms with Gasteiger partial charge in [0.1, 0.15) is 0 Å². The first-order chi connectivity index (χ1) is 7.13. The summed E-state index contributed by atoms with van der Waals surface area (Å²) >= 11 is 5.98. The summed E-state index contributed by atoms with van der Waals surface area (Å²) in [7, 11) is 0. The summed E-state index contributed by atoms with van der Waals surface area (Å²) in [6, 6.07) is 0. The molecule has 1 aromatic heterocycles. The summed E-state index contributed by atoms with van der Waals surface area (Å²) in [5.41, 5.74) is 4.52. The number of aromatic nitrogens is 2. The molecule has 0 bridgehead atoms. The van der Waals surface area contributed by atoms with E-state index >= 15 is 0 Å². The number of halogens is 2. The van der Waals surface area contributed by atoms with Gasteiger partial charge in [0.05, 0.1) is 16.9 Å². The van der Waals surface area contributed by atoms with E-state index in [-0.39, 0.29) is 12.5 Å². The van der Waals surface area contributed by atoms with Crippen molar-refractivity contribution in [2.75, 3.05) is 6.54 Å². The van der Waals surface area contributed by atoms with Gasteiger partial charge in [0.25, 0.3) is 0 Å². The minimum atomic E-state index is -1.50. The normalized spacial score (nSPS) is 20.3. The predicted octanol–water partition coefficient (Wildman–Crippen LogP) is 2.09. The van der Waals surface area contributed by atoms with E-state index in [1.165, 1.54) is 6.20 Å². The number of nitrogens with zero attached hydrogens (tertiary/aromatic N) is 2. The van der Waals surface area contributed by atoms with E-state index in [2.05, 4.69) is 5.10 Å². The molecular weight excluding hydrogens is 217 g/mol. The molecule has 0 spiro atoms. The van der Waals surface area contributed by atoms with Crippen LogP contribution in [0.1, 0.15) is 25.5 Å². The highest BCUT2D eigenvalue weighted by Crippen LogP contribution is 2.49. The van der Waals surface area contributed by atoms with Crippen molar-refractivity contribution in [3.8, 4) is 0 Å². The average Bonchev–Trinajstić information content (AvgIpc) is 3.02. The molecule has 5 heteroatoms. The van der Waals surface area contributed by atoms with Crippen molar-refractivity contribution < 1.29 is 4.39 Å². The first-order valence-electron chi connectivity index (χ1n) is 5.24. The van der Waals surface area contributed by atoms with E-state index < -0.39 is 5.67 Å². The SMILES string of the molecule is CCn1ncc(Cl)c1C(F)(CN)C1CC1. The van der Waals surface area contributed by atoms with Crippen LogP contribution < -0.4 is 5.73 Å². The lowest BCUT2D eigenvalue weighted by molar-refractivity contribution is 0.129. The second kappa shape index (κ2) is 3.76. The topological polar surface area (TPSA) is 43.8 Å². The van der Waals surface area contributed by atoms with Crippen molar-refractivity contribution in [1.82, 2.24) is 9.78 Å². The molecule has 0 saturated heterocycles. The third kappa shape index (κ3) is 1.66. The highest BCUT2D eigenvalue weighted by Gasteiger charge is 2.49. The minimum absolute atomic E-state index is 0.0157. The molecule has 1 fully saturated rings. The fourth-order valence-electron chi connectivity index (χ4n) is 2.01. The maximum Gasteiger partial charge on any atom is 0.168 e. The van der Waals surface area contributed by atoms with E-state index in [9.17, 15) is 4.39 Å². The van der Waals surface area contributed by atoms with Crippen LogP contribution in [0.5, 0.6) is 0 Å². The molecule has 1 unspecified atom stereocenters. The van der Waals surface area contributed by atoms with E-state index in [0.717, 1.165) is 12.8 Å². The van der Waals surface area contributed by atoms with Crippen LogP contribution in [-0.4, -0.2) is 16.3 Å². The van der Waals surface area contributed by atoms with Crippen LogP contribution in [0.25, 0.3) is 0 Å². The molecule has 3 nitrogen and oxygen atoms in total. The van der Waals surface area contributed by atoms with Crippen LogP contribution in [0.4, 0.5) is 4.39 Å². The zero-order chi connectivity index (χ0) is 11.1. The van der Waals surface area contributed by atoms with Gasteiger partial charge in [0.15, 0.2) is 5.67 Å². The highest BCUT2D eigenvalue weighted by molar-refractivity contribution is 6.31. The van der Waals surface area contributed by atoms with Gasteiger partial charge in [-0.2, -0.15) is 5.10 Å². The quantitative estimate of drug-likeness (QED) is 0.863. The van der Waals surface area contributed by atoms with Crippen molar-refractivity contribution in [2.24, 2.45) is 11.7 Å². The predicted molar refractivity (Wildman–Crippen MR) is 57.5 cm³/mol. The van der Waals surface area contributed by atoms with Crippen LogP contribution in [-0.2, 0) is 12.2 Å². The Morgan fingerprint density at radius 3 is 2.87 bits per heavy atom. The lowest BCUT2D eigenvalue weighted by Crippen LogP contribution is -2.35. The Morgan fingerprint density at radius 1 is 1.73 bits per heavy atom. The van der Waals surface area contributed by atoms with Crippen LogP contribution in [0.3, 0.4) is 0 Å². The lowest BCUT2D eigenvalue weighted by Gasteiger charge is -2.24. The molecule has 2 N–H and O–H groups in total. The maximum absolute atomic E-state index is 14.7. The van der Waals surface area contributed by atoms with E-state index in [1.54, 1.807) is 4.68 Å². The molecule has 2 rings (SSSR count). The van der Waals surface area contributed by atoms with Gasteiger partial charge in [-0.15, -0.1) is 0 Å². The molecule has 0 aliphatic heterocycles. The fraction of sp³-hybridized carbons (Fsp3) is 0.700. The first-order valence-corrected chi connectivity index (χ1v) is 5.62. The molecule has 84 valence electrons. The van der Waals surface area contributed by atoms with Gasteiger partial charge in [-0.1, -0.05) is 11.6 Å². The van der Waals surface area contributed by atoms with E-state index in [1.807, 2.05) is 6.92 Å². The van der Waals surface area contributed by atoms with Gasteiger partial charge in [-0.05, 0) is 19.8 Å². The van der Waals surface area contributed by atoms with Crippen molar-refractivity contribution >= 4 is 11.6 Å². The summed E-state index contributed by atoms with van der Waals surface area (Å²) in [6.45, 7) is 2.50. The van der Waals surface area contributed by atoms with Crippen molar-refractivity contribution in [3.05, 3.63) is 16.9 Å². The number of hydrogen-bond acceptors (Lipinski definition) is 2. The van der Waals surface area contributed by atoms with Gasteiger partial charge in [-0.3, -0.25) is 4.68 Å². The average molecular weight is 232 g/mol. The smallest absolute Gasteiger partial charge is 0.168 e. The number of nitrogens with two attached hydrogens (primary N) is 1. The van der Waals surface area contributed by atoms with Gasteiger partial charge >= 0.3 is 0 Å². The number of alkyl halides is 1. The van der Waals surface area contributed by atoms with Gasteiger partial charge in [0.2, 0.25) is 0 Å². The highest BCUT2D eigenvalue weighted by atomic mass is 35.5. The Labute approximate surface area is 93.4 Å². The Balaban J connectivity index is 2.44. The monoisotopic (exact) mass is 231 g/mol. The third-order valence-corrected chi connectivity index (χ3v) is 3.29. The number of hydrogen-bond donors (Lipinski definition) is 1. The standard InChI is InChI=1S/C10H15ClFN3/c1-2-15-9(8(11)5-14-15)10(12,6-13)7-3-4-7/h5,7H,2-4,6,13H2,1H3. The summed E-state index contributed by atoms with van der Waals surface area (Å²) in [5, 5.41) is 4.43. The zero-order valence-electron chi connectivity index (χ0n) is 8.71. The van der Waals surface area contributed by atoms with Crippen molar-refractivity contribution in [1.29, 1.82) is 0 Å². The third-order valence-electron chi connectivity index (χ3n) is 3.01. The molecule has 1 atom stereocenters. The Bertz CT molecular complexity index is 362. The summed E-state index contributed by atoms with van der Waals surface area (Å²) in [4.78, 5) is 0. The minimum Gasteiger partial charge on any atom is -0.327 e. The second-order valence-corrected chi connectivity index (χ2v) is 4.40. The van der Waals surface area contributed by atoms with Gasteiger partial charge < -0.3 is 5.73 Å². The molecule has 0 aromatic carbocycles. The number of rotatable bonds is 4. The zero-order valence-corrected chi connectivity index (χ0v) is 9.47. The van der Waals surface area contributed by atoms with Crippen LogP contribution in [0.2, 0.25) is 5.02 Å². The fourth-order valence-corrected chi connectivity index (χ4v) is 2.31. The molecule has 0 radical (unpaired) electrons. The maximum atomic E-state index is 14.7. The Morgan fingerprint density at radius 2 is 2.40 bits per heavy atom. The molecule has 1 aromatic rings. The summed E-state index contributed by atoms with van der Waals surface area (Å²) in [6.07, 6.45) is 3.27. The van der Waals surface area contributed by atoms with Crippen LogP contribution in [0, 0.1) is 5.92 Å². The molecule has 15 heavy (non-hydrogen) atoms. The molecule has 1 aliphatic carbocycles.